The van der Waals surface area contributed by atoms with Gasteiger partial charge in [0.25, 0.3) is 0 Å². The zero-order valence-corrected chi connectivity index (χ0v) is 10.6. The van der Waals surface area contributed by atoms with E-state index in [0.29, 0.717) is 13.2 Å². The summed E-state index contributed by atoms with van der Waals surface area (Å²) in [4.78, 5) is 12.5. The molecule has 7 heteroatoms. The van der Waals surface area contributed by atoms with Crippen molar-refractivity contribution < 1.29 is 14.4 Å². The Morgan fingerprint density at radius 1 is 1.28 bits per heavy atom. The summed E-state index contributed by atoms with van der Waals surface area (Å²) in [6.07, 6.45) is 1.64. The van der Waals surface area contributed by atoms with Crippen LogP contribution in [-0.4, -0.2) is 37.0 Å². The van der Waals surface area contributed by atoms with E-state index < -0.39 is 0 Å². The highest BCUT2D eigenvalue weighted by atomic mass is 32.1. The number of ether oxygens (including phenoxy) is 2. The van der Waals surface area contributed by atoms with Gasteiger partial charge in [-0.15, -0.1) is 0 Å². The van der Waals surface area contributed by atoms with Crippen LogP contribution in [0.1, 0.15) is 12.8 Å². The van der Waals surface area contributed by atoms with Crippen LogP contribution in [0, 0.1) is 10.1 Å². The molecule has 0 bridgehead atoms. The molecule has 2 aliphatic rings. The van der Waals surface area contributed by atoms with E-state index in [0.717, 1.165) is 30.9 Å². The van der Waals surface area contributed by atoms with Crippen LogP contribution in [0.4, 0.5) is 10.0 Å². The third-order valence-electron chi connectivity index (χ3n) is 3.41. The van der Waals surface area contributed by atoms with E-state index in [9.17, 15) is 10.1 Å². The molecule has 0 saturated carbocycles. The first-order valence-electron chi connectivity index (χ1n) is 5.96. The standard InChI is InChI=1S/C11H14N2O4S/c14-13(15)10-2-1-9(18-10)12-5-3-11(4-6-12)16-7-8-17-11/h1-2H,3-8H2. The number of nitro groups is 1. The Bertz CT molecular complexity index is 446. The molecule has 0 amide bonds. The summed E-state index contributed by atoms with van der Waals surface area (Å²) >= 11 is 1.22. The lowest BCUT2D eigenvalue weighted by atomic mass is 10.0. The zero-order chi connectivity index (χ0) is 12.6. The quantitative estimate of drug-likeness (QED) is 0.607. The molecule has 0 aliphatic carbocycles. The highest BCUT2D eigenvalue weighted by Gasteiger charge is 2.40. The molecule has 0 radical (unpaired) electrons. The smallest absolute Gasteiger partial charge is 0.326 e. The van der Waals surface area contributed by atoms with Gasteiger partial charge in [0.2, 0.25) is 0 Å². The molecule has 0 aromatic carbocycles. The van der Waals surface area contributed by atoms with Gasteiger partial charge in [0.05, 0.1) is 23.1 Å². The molecule has 1 aromatic rings. The van der Waals surface area contributed by atoms with E-state index in [-0.39, 0.29) is 15.7 Å². The summed E-state index contributed by atoms with van der Waals surface area (Å²) in [6.45, 7) is 2.98. The van der Waals surface area contributed by atoms with Gasteiger partial charge in [-0.3, -0.25) is 10.1 Å². The van der Waals surface area contributed by atoms with E-state index in [2.05, 4.69) is 4.90 Å². The lowest BCUT2D eigenvalue weighted by Gasteiger charge is -2.37. The molecule has 18 heavy (non-hydrogen) atoms. The normalized spacial score (nSPS) is 22.6. The van der Waals surface area contributed by atoms with E-state index in [1.54, 1.807) is 6.07 Å². The lowest BCUT2D eigenvalue weighted by Crippen LogP contribution is -2.44. The van der Waals surface area contributed by atoms with Crippen LogP contribution in [0.5, 0.6) is 0 Å². The largest absolute Gasteiger partial charge is 0.363 e. The van der Waals surface area contributed by atoms with Gasteiger partial charge >= 0.3 is 5.00 Å². The maximum atomic E-state index is 10.7. The number of thiophene rings is 1. The van der Waals surface area contributed by atoms with Crippen LogP contribution in [0.2, 0.25) is 0 Å². The van der Waals surface area contributed by atoms with E-state index in [1.807, 2.05) is 6.07 Å². The van der Waals surface area contributed by atoms with Gasteiger partial charge in [-0.05, 0) is 17.4 Å². The first-order valence-corrected chi connectivity index (χ1v) is 6.77. The van der Waals surface area contributed by atoms with Gasteiger partial charge in [0.1, 0.15) is 0 Å². The van der Waals surface area contributed by atoms with Crippen molar-refractivity contribution in [3.63, 3.8) is 0 Å². The predicted octanol–water partition coefficient (Wildman–Crippen LogP) is 2.00. The van der Waals surface area contributed by atoms with Gasteiger partial charge in [0, 0.05) is 32.0 Å². The fourth-order valence-corrected chi connectivity index (χ4v) is 3.31. The van der Waals surface area contributed by atoms with Crippen LogP contribution in [0.15, 0.2) is 12.1 Å². The Hall–Kier alpha value is -1.18. The Morgan fingerprint density at radius 3 is 2.50 bits per heavy atom. The molecule has 0 atom stereocenters. The maximum absolute atomic E-state index is 10.7. The number of hydrogen-bond donors (Lipinski definition) is 0. The van der Waals surface area contributed by atoms with Crippen molar-refractivity contribution in [3.05, 3.63) is 22.2 Å². The molecule has 1 spiro atoms. The molecular formula is C11H14N2O4S. The third-order valence-corrected chi connectivity index (χ3v) is 4.51. The molecule has 2 saturated heterocycles. The summed E-state index contributed by atoms with van der Waals surface area (Å²) in [5.41, 5.74) is 0. The van der Waals surface area contributed by atoms with Crippen LogP contribution in [0.25, 0.3) is 0 Å². The van der Waals surface area contributed by atoms with Crippen LogP contribution < -0.4 is 4.90 Å². The average molecular weight is 270 g/mol. The molecule has 0 N–H and O–H groups in total. The number of anilines is 1. The summed E-state index contributed by atoms with van der Waals surface area (Å²) in [5.74, 6) is -0.389. The maximum Gasteiger partial charge on any atom is 0.326 e. The topological polar surface area (TPSA) is 64.8 Å². The van der Waals surface area contributed by atoms with Crippen molar-refractivity contribution in [3.8, 4) is 0 Å². The van der Waals surface area contributed by atoms with Gasteiger partial charge < -0.3 is 14.4 Å². The molecule has 6 nitrogen and oxygen atoms in total. The number of hydrogen-bond acceptors (Lipinski definition) is 6. The number of nitrogens with zero attached hydrogens (tertiary/aromatic N) is 2. The average Bonchev–Trinajstić information content (AvgIpc) is 3.00. The second kappa shape index (κ2) is 4.49. The minimum Gasteiger partial charge on any atom is -0.363 e. The zero-order valence-electron chi connectivity index (χ0n) is 9.83. The SMILES string of the molecule is O=[N+]([O-])c1ccc(N2CCC3(CC2)OCCO3)s1. The molecular weight excluding hydrogens is 256 g/mol. The molecule has 1 aromatic heterocycles. The Labute approximate surface area is 108 Å². The molecule has 3 rings (SSSR count). The van der Waals surface area contributed by atoms with Crippen LogP contribution in [-0.2, 0) is 9.47 Å². The fraction of sp³-hybridized carbons (Fsp3) is 0.636. The van der Waals surface area contributed by atoms with E-state index in [1.165, 1.54) is 11.3 Å². The van der Waals surface area contributed by atoms with Gasteiger partial charge in [-0.25, -0.2) is 0 Å². The first kappa shape index (κ1) is 11.9. The highest BCUT2D eigenvalue weighted by molar-refractivity contribution is 7.19. The Balaban J connectivity index is 1.66. The monoisotopic (exact) mass is 270 g/mol. The van der Waals surface area contributed by atoms with Gasteiger partial charge in [0.15, 0.2) is 5.79 Å². The number of piperidine rings is 1. The van der Waals surface area contributed by atoms with Crippen molar-refractivity contribution in [1.82, 2.24) is 0 Å². The van der Waals surface area contributed by atoms with E-state index >= 15 is 0 Å². The second-order valence-electron chi connectivity index (χ2n) is 4.46. The summed E-state index contributed by atoms with van der Waals surface area (Å²) in [5, 5.41) is 11.8. The first-order chi connectivity index (χ1) is 8.69. The van der Waals surface area contributed by atoms with Crippen LogP contribution >= 0.6 is 11.3 Å². The van der Waals surface area contributed by atoms with Crippen molar-refractivity contribution in [2.24, 2.45) is 0 Å². The van der Waals surface area contributed by atoms with Crippen molar-refractivity contribution in [2.45, 2.75) is 18.6 Å². The lowest BCUT2D eigenvalue weighted by molar-refractivity contribution is -0.380. The molecule has 3 heterocycles. The molecule has 2 aliphatic heterocycles. The van der Waals surface area contributed by atoms with Gasteiger partial charge in [-0.2, -0.15) is 0 Å². The second-order valence-corrected chi connectivity index (χ2v) is 5.50. The summed E-state index contributed by atoms with van der Waals surface area (Å²) < 4.78 is 11.3. The molecule has 0 unspecified atom stereocenters. The van der Waals surface area contributed by atoms with Crippen LogP contribution in [0.3, 0.4) is 0 Å². The summed E-state index contributed by atoms with van der Waals surface area (Å²) in [6, 6.07) is 3.38. The predicted molar refractivity (Wildman–Crippen MR) is 67.1 cm³/mol. The molecule has 2 fully saturated rings. The van der Waals surface area contributed by atoms with Crippen molar-refractivity contribution in [1.29, 1.82) is 0 Å². The molecule has 98 valence electrons. The third kappa shape index (κ3) is 2.09. The minimum absolute atomic E-state index is 0.193. The Kier molecular flexibility index (Phi) is 2.96. The minimum atomic E-state index is -0.389. The van der Waals surface area contributed by atoms with Crippen molar-refractivity contribution in [2.75, 3.05) is 31.2 Å². The van der Waals surface area contributed by atoms with Crippen molar-refractivity contribution >= 4 is 21.3 Å². The van der Waals surface area contributed by atoms with E-state index in [4.69, 9.17) is 9.47 Å². The van der Waals surface area contributed by atoms with Gasteiger partial charge in [-0.1, -0.05) is 0 Å². The Morgan fingerprint density at radius 2 is 1.94 bits per heavy atom. The summed E-state index contributed by atoms with van der Waals surface area (Å²) in [7, 11) is 0. The number of rotatable bonds is 2. The highest BCUT2D eigenvalue weighted by Crippen LogP contribution is 2.37. The fourth-order valence-electron chi connectivity index (χ4n) is 2.44.